The Hall–Kier alpha value is -2.24. The van der Waals surface area contributed by atoms with Crippen LogP contribution in [0.1, 0.15) is 17.5 Å². The van der Waals surface area contributed by atoms with Crippen LogP contribution >= 0.6 is 0 Å². The van der Waals surface area contributed by atoms with Gasteiger partial charge in [0.1, 0.15) is 0 Å². The molecule has 1 aromatic heterocycles. The summed E-state index contributed by atoms with van der Waals surface area (Å²) >= 11 is 0. The normalized spacial score (nSPS) is 15.2. The number of pyridine rings is 1. The fraction of sp³-hybridized carbons (Fsp3) is 0.368. The molecule has 1 N–H and O–H groups in total. The maximum Gasteiger partial charge on any atom is 0.224 e. The summed E-state index contributed by atoms with van der Waals surface area (Å²) in [4.78, 5) is 18.7. The van der Waals surface area contributed by atoms with Crippen LogP contribution in [-0.4, -0.2) is 42.1 Å². The average molecular weight is 325 g/mol. The van der Waals surface area contributed by atoms with E-state index in [1.165, 1.54) is 0 Å². The Morgan fingerprint density at radius 3 is 2.79 bits per heavy atom. The molecule has 0 spiro atoms. The summed E-state index contributed by atoms with van der Waals surface area (Å²) in [7, 11) is 0. The zero-order valence-electron chi connectivity index (χ0n) is 13.8. The molecule has 1 saturated heterocycles. The van der Waals surface area contributed by atoms with Crippen molar-refractivity contribution in [3.63, 3.8) is 0 Å². The molecule has 0 unspecified atom stereocenters. The van der Waals surface area contributed by atoms with Crippen LogP contribution in [0.15, 0.2) is 48.8 Å². The quantitative estimate of drug-likeness (QED) is 0.886. The molecule has 0 radical (unpaired) electrons. The number of carbonyl (C=O) groups excluding carboxylic acids is 1. The van der Waals surface area contributed by atoms with Crippen molar-refractivity contribution in [3.05, 3.63) is 59.9 Å². The number of para-hydroxylation sites is 1. The van der Waals surface area contributed by atoms with E-state index in [1.54, 1.807) is 12.4 Å². The number of benzene rings is 1. The minimum Gasteiger partial charge on any atom is -0.379 e. The van der Waals surface area contributed by atoms with E-state index in [1.807, 2.05) is 30.3 Å². The number of aromatic nitrogens is 1. The molecule has 0 saturated carbocycles. The van der Waals surface area contributed by atoms with Gasteiger partial charge in [0, 0.05) is 44.1 Å². The van der Waals surface area contributed by atoms with Crippen molar-refractivity contribution in [1.29, 1.82) is 0 Å². The molecule has 1 aromatic carbocycles. The number of hydrogen-bond acceptors (Lipinski definition) is 4. The lowest BCUT2D eigenvalue weighted by Crippen LogP contribution is -2.35. The first-order valence-electron chi connectivity index (χ1n) is 8.38. The lowest BCUT2D eigenvalue weighted by Gasteiger charge is -2.27. The molecular formula is C19H23N3O2. The molecule has 24 heavy (non-hydrogen) atoms. The van der Waals surface area contributed by atoms with Gasteiger partial charge in [-0.1, -0.05) is 24.3 Å². The average Bonchev–Trinajstić information content (AvgIpc) is 2.63. The molecule has 1 aliphatic heterocycles. The molecule has 2 aromatic rings. The molecule has 1 fully saturated rings. The van der Waals surface area contributed by atoms with E-state index in [4.69, 9.17) is 4.74 Å². The first-order valence-corrected chi connectivity index (χ1v) is 8.38. The van der Waals surface area contributed by atoms with E-state index in [-0.39, 0.29) is 5.91 Å². The maximum absolute atomic E-state index is 12.3. The van der Waals surface area contributed by atoms with Crippen LogP contribution in [-0.2, 0) is 22.5 Å². The highest BCUT2D eigenvalue weighted by Gasteiger charge is 2.13. The fourth-order valence-electron chi connectivity index (χ4n) is 2.80. The third-order valence-corrected chi connectivity index (χ3v) is 4.15. The third kappa shape index (κ3) is 4.88. The number of hydrogen-bond donors (Lipinski definition) is 1. The van der Waals surface area contributed by atoms with Crippen LogP contribution in [0, 0.1) is 0 Å². The maximum atomic E-state index is 12.3. The summed E-state index contributed by atoms with van der Waals surface area (Å²) in [5, 5.41) is 3.05. The molecule has 126 valence electrons. The van der Waals surface area contributed by atoms with E-state index < -0.39 is 0 Å². The summed E-state index contributed by atoms with van der Waals surface area (Å²) in [5.41, 5.74) is 3.13. The number of nitrogens with zero attached hydrogens (tertiary/aromatic N) is 2. The predicted octanol–water partition coefficient (Wildman–Crippen LogP) is 2.49. The van der Waals surface area contributed by atoms with Crippen molar-refractivity contribution < 1.29 is 9.53 Å². The van der Waals surface area contributed by atoms with Crippen molar-refractivity contribution in [1.82, 2.24) is 9.88 Å². The SMILES string of the molecule is O=C(CCc1cccnc1)Nc1ccccc1CN1CCOCC1. The Morgan fingerprint density at radius 1 is 1.17 bits per heavy atom. The van der Waals surface area contributed by atoms with Crippen LogP contribution in [0.3, 0.4) is 0 Å². The Bertz CT molecular complexity index is 655. The van der Waals surface area contributed by atoms with Gasteiger partial charge in [-0.25, -0.2) is 0 Å². The fourth-order valence-corrected chi connectivity index (χ4v) is 2.80. The number of ether oxygens (including phenoxy) is 1. The number of amides is 1. The number of anilines is 1. The standard InChI is InChI=1S/C19H23N3O2/c23-19(8-7-16-4-3-9-20-14-16)21-18-6-2-1-5-17(18)15-22-10-12-24-13-11-22/h1-6,9,14H,7-8,10-13,15H2,(H,21,23). The molecule has 5 heteroatoms. The molecule has 1 aliphatic rings. The second-order valence-electron chi connectivity index (χ2n) is 5.96. The first kappa shape index (κ1) is 16.6. The zero-order valence-corrected chi connectivity index (χ0v) is 13.8. The van der Waals surface area contributed by atoms with Crippen LogP contribution in [0.2, 0.25) is 0 Å². The summed E-state index contributed by atoms with van der Waals surface area (Å²) in [6, 6.07) is 11.9. The molecule has 1 amide bonds. The Kier molecular flexibility index (Phi) is 5.93. The van der Waals surface area contributed by atoms with Gasteiger partial charge in [-0.2, -0.15) is 0 Å². The van der Waals surface area contributed by atoms with Gasteiger partial charge in [-0.15, -0.1) is 0 Å². The van der Waals surface area contributed by atoms with Gasteiger partial charge in [0.15, 0.2) is 0 Å². The molecular weight excluding hydrogens is 302 g/mol. The van der Waals surface area contributed by atoms with Gasteiger partial charge in [-0.05, 0) is 29.7 Å². The highest BCUT2D eigenvalue weighted by atomic mass is 16.5. The van der Waals surface area contributed by atoms with Gasteiger partial charge in [0.05, 0.1) is 13.2 Å². The van der Waals surface area contributed by atoms with E-state index >= 15 is 0 Å². The van der Waals surface area contributed by atoms with Crippen molar-refractivity contribution in [3.8, 4) is 0 Å². The van der Waals surface area contributed by atoms with Crippen LogP contribution < -0.4 is 5.32 Å². The van der Waals surface area contributed by atoms with E-state index in [2.05, 4.69) is 21.3 Å². The molecule has 5 nitrogen and oxygen atoms in total. The first-order chi connectivity index (χ1) is 11.8. The topological polar surface area (TPSA) is 54.5 Å². The smallest absolute Gasteiger partial charge is 0.224 e. The van der Waals surface area contributed by atoms with Crippen LogP contribution in [0.4, 0.5) is 5.69 Å². The summed E-state index contributed by atoms with van der Waals surface area (Å²) in [5.74, 6) is 0.0354. The van der Waals surface area contributed by atoms with Gasteiger partial charge >= 0.3 is 0 Å². The molecule has 0 aliphatic carbocycles. The van der Waals surface area contributed by atoms with Crippen molar-refractivity contribution in [2.45, 2.75) is 19.4 Å². The van der Waals surface area contributed by atoms with E-state index in [0.717, 1.165) is 49.7 Å². The number of carbonyl (C=O) groups is 1. The summed E-state index contributed by atoms with van der Waals surface area (Å²) in [6.07, 6.45) is 4.70. The van der Waals surface area contributed by atoms with Gasteiger partial charge in [0.2, 0.25) is 5.91 Å². The zero-order chi connectivity index (χ0) is 16.6. The van der Waals surface area contributed by atoms with Gasteiger partial charge in [0.25, 0.3) is 0 Å². The minimum atomic E-state index is 0.0354. The second-order valence-corrected chi connectivity index (χ2v) is 5.96. The van der Waals surface area contributed by atoms with Crippen molar-refractivity contribution in [2.24, 2.45) is 0 Å². The number of nitrogens with one attached hydrogen (secondary N) is 1. The molecule has 0 atom stereocenters. The van der Waals surface area contributed by atoms with Crippen LogP contribution in [0.25, 0.3) is 0 Å². The highest BCUT2D eigenvalue weighted by Crippen LogP contribution is 2.18. The van der Waals surface area contributed by atoms with E-state index in [0.29, 0.717) is 12.8 Å². The van der Waals surface area contributed by atoms with Crippen LogP contribution in [0.5, 0.6) is 0 Å². The lowest BCUT2D eigenvalue weighted by molar-refractivity contribution is -0.116. The predicted molar refractivity (Wildman–Crippen MR) is 93.7 cm³/mol. The Morgan fingerprint density at radius 2 is 2.00 bits per heavy atom. The third-order valence-electron chi connectivity index (χ3n) is 4.15. The van der Waals surface area contributed by atoms with E-state index in [9.17, 15) is 4.79 Å². The molecule has 0 bridgehead atoms. The Labute approximate surface area is 142 Å². The minimum absolute atomic E-state index is 0.0354. The van der Waals surface area contributed by atoms with Crippen molar-refractivity contribution in [2.75, 3.05) is 31.6 Å². The molecule has 3 rings (SSSR count). The summed E-state index contributed by atoms with van der Waals surface area (Å²) < 4.78 is 5.39. The monoisotopic (exact) mass is 325 g/mol. The largest absolute Gasteiger partial charge is 0.379 e. The lowest BCUT2D eigenvalue weighted by atomic mass is 10.1. The van der Waals surface area contributed by atoms with Gasteiger partial charge < -0.3 is 10.1 Å². The number of rotatable bonds is 6. The molecule has 2 heterocycles. The summed E-state index contributed by atoms with van der Waals surface area (Å²) in [6.45, 7) is 4.26. The van der Waals surface area contributed by atoms with Gasteiger partial charge in [-0.3, -0.25) is 14.7 Å². The highest BCUT2D eigenvalue weighted by molar-refractivity contribution is 5.91. The number of morpholine rings is 1. The second kappa shape index (κ2) is 8.57. The Balaban J connectivity index is 1.56. The number of aryl methyl sites for hydroxylation is 1. The van der Waals surface area contributed by atoms with Crippen molar-refractivity contribution >= 4 is 11.6 Å².